The Kier molecular flexibility index (Phi) is 5.27. The third kappa shape index (κ3) is 4.19. The van der Waals surface area contributed by atoms with Crippen molar-refractivity contribution in [2.45, 2.75) is 31.8 Å². The van der Waals surface area contributed by atoms with Gasteiger partial charge in [-0.3, -0.25) is 0 Å². The Morgan fingerprint density at radius 1 is 1.50 bits per heavy atom. The van der Waals surface area contributed by atoms with Crippen LogP contribution in [0.2, 0.25) is 0 Å². The minimum Gasteiger partial charge on any atom is -0.387 e. The number of halogens is 2. The van der Waals surface area contributed by atoms with E-state index in [0.717, 1.165) is 6.42 Å². The molecule has 0 radical (unpaired) electrons. The summed E-state index contributed by atoms with van der Waals surface area (Å²) in [5.41, 5.74) is 0. The number of ether oxygens (including phenoxy) is 1. The first-order valence-electron chi connectivity index (χ1n) is 4.90. The van der Waals surface area contributed by atoms with E-state index >= 15 is 0 Å². The summed E-state index contributed by atoms with van der Waals surface area (Å²) < 4.78 is 33.6. The SMILES string of the molecule is COCCCc1noc(CC(O)C(F)F)n1. The minimum absolute atomic E-state index is 0.0280. The molecular weight excluding hydrogens is 222 g/mol. The second kappa shape index (κ2) is 6.49. The van der Waals surface area contributed by atoms with Gasteiger partial charge >= 0.3 is 0 Å². The van der Waals surface area contributed by atoms with E-state index in [-0.39, 0.29) is 12.3 Å². The van der Waals surface area contributed by atoms with Crippen molar-refractivity contribution in [3.05, 3.63) is 11.7 Å². The van der Waals surface area contributed by atoms with E-state index < -0.39 is 12.5 Å². The van der Waals surface area contributed by atoms with Crippen molar-refractivity contribution in [2.24, 2.45) is 0 Å². The topological polar surface area (TPSA) is 68.4 Å². The van der Waals surface area contributed by atoms with Gasteiger partial charge in [0.1, 0.15) is 6.10 Å². The second-order valence-corrected chi connectivity index (χ2v) is 3.31. The quantitative estimate of drug-likeness (QED) is 0.710. The molecule has 1 rings (SSSR count). The Morgan fingerprint density at radius 3 is 2.88 bits per heavy atom. The largest absolute Gasteiger partial charge is 0.387 e. The van der Waals surface area contributed by atoms with Crippen LogP contribution in [0.5, 0.6) is 0 Å². The van der Waals surface area contributed by atoms with Gasteiger partial charge in [0.05, 0.1) is 6.42 Å². The molecule has 0 spiro atoms. The van der Waals surface area contributed by atoms with E-state index in [4.69, 9.17) is 14.4 Å². The zero-order valence-corrected chi connectivity index (χ0v) is 8.90. The van der Waals surface area contributed by atoms with Gasteiger partial charge in [0.2, 0.25) is 5.89 Å². The van der Waals surface area contributed by atoms with Crippen LogP contribution in [0.15, 0.2) is 4.52 Å². The van der Waals surface area contributed by atoms with Gasteiger partial charge in [0.25, 0.3) is 6.43 Å². The maximum Gasteiger partial charge on any atom is 0.264 e. The van der Waals surface area contributed by atoms with Gasteiger partial charge in [-0.05, 0) is 6.42 Å². The lowest BCUT2D eigenvalue weighted by Gasteiger charge is -2.04. The average molecular weight is 236 g/mol. The number of rotatable bonds is 7. The highest BCUT2D eigenvalue weighted by Gasteiger charge is 2.20. The fourth-order valence-electron chi connectivity index (χ4n) is 1.12. The molecule has 0 amide bonds. The van der Waals surface area contributed by atoms with E-state index in [2.05, 4.69) is 10.1 Å². The standard InChI is InChI=1S/C9H14F2N2O3/c1-15-4-2-3-7-12-8(16-13-7)5-6(14)9(10)11/h6,9,14H,2-5H2,1H3. The fraction of sp³-hybridized carbons (Fsp3) is 0.778. The zero-order valence-electron chi connectivity index (χ0n) is 8.90. The molecule has 5 nitrogen and oxygen atoms in total. The van der Waals surface area contributed by atoms with Crippen LogP contribution in [-0.4, -0.2) is 41.5 Å². The number of aliphatic hydroxyl groups is 1. The molecule has 0 aliphatic rings. The van der Waals surface area contributed by atoms with Crippen molar-refractivity contribution in [1.82, 2.24) is 10.1 Å². The normalized spacial score (nSPS) is 13.3. The maximum atomic E-state index is 12.0. The molecule has 1 heterocycles. The summed E-state index contributed by atoms with van der Waals surface area (Å²) >= 11 is 0. The summed E-state index contributed by atoms with van der Waals surface area (Å²) in [6.45, 7) is 0.573. The van der Waals surface area contributed by atoms with Gasteiger partial charge in [-0.1, -0.05) is 5.16 Å². The van der Waals surface area contributed by atoms with Crippen LogP contribution in [-0.2, 0) is 17.6 Å². The number of hydrogen-bond acceptors (Lipinski definition) is 5. The first kappa shape index (κ1) is 13.0. The third-order valence-electron chi connectivity index (χ3n) is 1.93. The highest BCUT2D eigenvalue weighted by Crippen LogP contribution is 2.08. The molecule has 0 aliphatic heterocycles. The summed E-state index contributed by atoms with van der Waals surface area (Å²) in [7, 11) is 1.58. The van der Waals surface area contributed by atoms with Gasteiger partial charge in [-0.2, -0.15) is 4.98 Å². The van der Waals surface area contributed by atoms with E-state index in [1.807, 2.05) is 0 Å². The summed E-state index contributed by atoms with van der Waals surface area (Å²) in [5.74, 6) is 0.466. The van der Waals surface area contributed by atoms with Crippen LogP contribution in [0.4, 0.5) is 8.78 Å². The lowest BCUT2D eigenvalue weighted by Crippen LogP contribution is -2.20. The van der Waals surface area contributed by atoms with E-state index in [0.29, 0.717) is 18.9 Å². The number of aliphatic hydroxyl groups excluding tert-OH is 1. The summed E-state index contributed by atoms with van der Waals surface area (Å²) in [6.07, 6.45) is -3.60. The van der Waals surface area contributed by atoms with Crippen LogP contribution in [0.25, 0.3) is 0 Å². The van der Waals surface area contributed by atoms with Crippen LogP contribution in [0.1, 0.15) is 18.1 Å². The molecule has 0 aromatic carbocycles. The zero-order chi connectivity index (χ0) is 12.0. The van der Waals surface area contributed by atoms with Gasteiger partial charge in [0.15, 0.2) is 5.82 Å². The molecular formula is C9H14F2N2O3. The number of aryl methyl sites for hydroxylation is 1. The van der Waals surface area contributed by atoms with Crippen molar-refractivity contribution in [1.29, 1.82) is 0 Å². The molecule has 0 saturated carbocycles. The summed E-state index contributed by atoms with van der Waals surface area (Å²) in [6, 6.07) is 0. The Hall–Kier alpha value is -1.08. The minimum atomic E-state index is -2.80. The first-order chi connectivity index (χ1) is 7.63. The first-order valence-corrected chi connectivity index (χ1v) is 4.90. The molecule has 1 N–H and O–H groups in total. The monoisotopic (exact) mass is 236 g/mol. The molecule has 1 aromatic heterocycles. The molecule has 16 heavy (non-hydrogen) atoms. The van der Waals surface area contributed by atoms with Crippen molar-refractivity contribution >= 4 is 0 Å². The Bertz CT molecular complexity index is 307. The number of hydrogen-bond donors (Lipinski definition) is 1. The van der Waals surface area contributed by atoms with Crippen LogP contribution < -0.4 is 0 Å². The molecule has 1 unspecified atom stereocenters. The lowest BCUT2D eigenvalue weighted by atomic mass is 10.2. The van der Waals surface area contributed by atoms with Crippen molar-refractivity contribution in [3.63, 3.8) is 0 Å². The second-order valence-electron chi connectivity index (χ2n) is 3.31. The molecule has 0 aliphatic carbocycles. The van der Waals surface area contributed by atoms with Crippen molar-refractivity contribution in [2.75, 3.05) is 13.7 Å². The molecule has 1 atom stereocenters. The highest BCUT2D eigenvalue weighted by atomic mass is 19.3. The van der Waals surface area contributed by atoms with Crippen LogP contribution in [0, 0.1) is 0 Å². The van der Waals surface area contributed by atoms with Gasteiger partial charge in [-0.15, -0.1) is 0 Å². The van der Waals surface area contributed by atoms with Crippen LogP contribution >= 0.6 is 0 Å². The number of alkyl halides is 2. The van der Waals surface area contributed by atoms with Crippen LogP contribution in [0.3, 0.4) is 0 Å². The maximum absolute atomic E-state index is 12.0. The number of nitrogens with zero attached hydrogens (tertiary/aromatic N) is 2. The third-order valence-corrected chi connectivity index (χ3v) is 1.93. The molecule has 92 valence electrons. The van der Waals surface area contributed by atoms with Crippen molar-refractivity contribution in [3.8, 4) is 0 Å². The van der Waals surface area contributed by atoms with Gasteiger partial charge < -0.3 is 14.4 Å². The van der Waals surface area contributed by atoms with Gasteiger partial charge in [-0.25, -0.2) is 8.78 Å². The highest BCUT2D eigenvalue weighted by molar-refractivity contribution is 4.88. The predicted octanol–water partition coefficient (Wildman–Crippen LogP) is 0.817. The van der Waals surface area contributed by atoms with Gasteiger partial charge in [0, 0.05) is 20.1 Å². The molecule has 0 saturated heterocycles. The average Bonchev–Trinajstić information content (AvgIpc) is 2.66. The van der Waals surface area contributed by atoms with E-state index in [1.165, 1.54) is 0 Å². The van der Waals surface area contributed by atoms with E-state index in [1.54, 1.807) is 7.11 Å². The summed E-state index contributed by atoms with van der Waals surface area (Å²) in [5, 5.41) is 12.5. The Balaban J connectivity index is 2.39. The Labute approximate surface area is 91.4 Å². The predicted molar refractivity (Wildman–Crippen MR) is 50.2 cm³/mol. The number of aromatic nitrogens is 2. The van der Waals surface area contributed by atoms with E-state index in [9.17, 15) is 8.78 Å². The lowest BCUT2D eigenvalue weighted by molar-refractivity contribution is -0.00754. The molecule has 0 bridgehead atoms. The smallest absolute Gasteiger partial charge is 0.264 e. The van der Waals surface area contributed by atoms with Crippen molar-refractivity contribution < 1.29 is 23.1 Å². The Morgan fingerprint density at radius 2 is 2.25 bits per heavy atom. The molecule has 1 aromatic rings. The molecule has 0 fully saturated rings. The summed E-state index contributed by atoms with van der Waals surface area (Å²) in [4.78, 5) is 3.88. The number of methoxy groups -OCH3 is 1. The fourth-order valence-corrected chi connectivity index (χ4v) is 1.12. The molecule has 7 heteroatoms.